The van der Waals surface area contributed by atoms with E-state index in [1.165, 1.54) is 0 Å². The Kier molecular flexibility index (Phi) is 5.42. The number of hydrogen-bond donors (Lipinski definition) is 1. The highest BCUT2D eigenvalue weighted by atomic mass is 79.9. The number of hydrogen-bond acceptors (Lipinski definition) is 3. The Bertz CT molecular complexity index is 544. The molecule has 5 heteroatoms. The van der Waals surface area contributed by atoms with Crippen LogP contribution in [0, 0.1) is 0 Å². The zero-order valence-electron chi connectivity index (χ0n) is 10.5. The maximum Gasteiger partial charge on any atom is 0.107 e. The monoisotopic (exact) mass is 359 g/mol. The fraction of sp³-hybridized carbons (Fsp3) is 0.286. The summed E-state index contributed by atoms with van der Waals surface area (Å²) in [5, 5.41) is 0.720. The van der Waals surface area contributed by atoms with E-state index in [2.05, 4.69) is 15.9 Å². The van der Waals surface area contributed by atoms with Gasteiger partial charge in [0.25, 0.3) is 0 Å². The third-order valence-corrected chi connectivity index (χ3v) is 4.59. The summed E-state index contributed by atoms with van der Waals surface area (Å²) in [6.07, 6.45) is -0.102. The molecular formula is C14H15BrClNOS. The molecule has 2 aromatic rings. The lowest BCUT2D eigenvalue weighted by Gasteiger charge is -2.20. The topological polar surface area (TPSA) is 35.2 Å². The second-order valence-electron chi connectivity index (χ2n) is 4.36. The van der Waals surface area contributed by atoms with Crippen molar-refractivity contribution in [3.05, 3.63) is 55.6 Å². The van der Waals surface area contributed by atoms with Crippen LogP contribution < -0.4 is 5.73 Å². The molecule has 2 atom stereocenters. The minimum Gasteiger partial charge on any atom is -0.366 e. The lowest BCUT2D eigenvalue weighted by Crippen LogP contribution is -2.26. The van der Waals surface area contributed by atoms with Gasteiger partial charge in [0.1, 0.15) is 6.10 Å². The van der Waals surface area contributed by atoms with Crippen molar-refractivity contribution in [2.45, 2.75) is 25.7 Å². The van der Waals surface area contributed by atoms with E-state index < -0.39 is 0 Å². The Morgan fingerprint density at radius 2 is 2.16 bits per heavy atom. The normalized spacial score (nSPS) is 14.3. The fourth-order valence-electron chi connectivity index (χ4n) is 1.79. The van der Waals surface area contributed by atoms with E-state index in [4.69, 9.17) is 22.1 Å². The molecule has 19 heavy (non-hydrogen) atoms. The third-order valence-electron chi connectivity index (χ3n) is 2.67. The molecule has 0 spiro atoms. The summed E-state index contributed by atoms with van der Waals surface area (Å²) in [7, 11) is 0. The number of halogens is 2. The fourth-order valence-corrected chi connectivity index (χ4v) is 3.59. The number of ether oxygens (including phenoxy) is 1. The van der Waals surface area contributed by atoms with Crippen molar-refractivity contribution in [1.82, 2.24) is 0 Å². The lowest BCUT2D eigenvalue weighted by atomic mass is 10.1. The first-order valence-electron chi connectivity index (χ1n) is 5.93. The van der Waals surface area contributed by atoms with E-state index in [1.807, 2.05) is 43.3 Å². The van der Waals surface area contributed by atoms with Crippen molar-refractivity contribution < 1.29 is 4.74 Å². The summed E-state index contributed by atoms with van der Waals surface area (Å²) in [6.45, 7) is 2.46. The molecule has 0 bridgehead atoms. The van der Waals surface area contributed by atoms with Gasteiger partial charge in [0.15, 0.2) is 0 Å². The summed E-state index contributed by atoms with van der Waals surface area (Å²) in [6, 6.07) is 11.7. The van der Waals surface area contributed by atoms with Gasteiger partial charge in [0.2, 0.25) is 0 Å². The van der Waals surface area contributed by atoms with Crippen LogP contribution in [-0.2, 0) is 11.3 Å². The molecule has 2 N–H and O–H groups in total. The molecule has 102 valence electrons. The van der Waals surface area contributed by atoms with Crippen LogP contribution in [0.15, 0.2) is 40.2 Å². The van der Waals surface area contributed by atoms with E-state index >= 15 is 0 Å². The van der Waals surface area contributed by atoms with Gasteiger partial charge < -0.3 is 10.5 Å². The zero-order chi connectivity index (χ0) is 13.8. The predicted molar refractivity (Wildman–Crippen MR) is 84.7 cm³/mol. The SMILES string of the molecule is CC(N)C(OCc1cccc(Cl)c1)c1ccc(Br)s1. The van der Waals surface area contributed by atoms with E-state index in [-0.39, 0.29) is 12.1 Å². The largest absolute Gasteiger partial charge is 0.366 e. The molecule has 0 saturated carbocycles. The Hall–Kier alpha value is -0.390. The van der Waals surface area contributed by atoms with E-state index in [0.29, 0.717) is 6.61 Å². The van der Waals surface area contributed by atoms with Gasteiger partial charge in [-0.3, -0.25) is 0 Å². The molecule has 0 radical (unpaired) electrons. The van der Waals surface area contributed by atoms with Crippen molar-refractivity contribution in [2.75, 3.05) is 0 Å². The summed E-state index contributed by atoms with van der Waals surface area (Å²) in [5.74, 6) is 0. The summed E-state index contributed by atoms with van der Waals surface area (Å²) < 4.78 is 7.03. The number of benzene rings is 1. The average molecular weight is 361 g/mol. The van der Waals surface area contributed by atoms with Crippen LogP contribution in [0.25, 0.3) is 0 Å². The van der Waals surface area contributed by atoms with Crippen molar-refractivity contribution in [3.63, 3.8) is 0 Å². The maximum absolute atomic E-state index is 6.01. The van der Waals surface area contributed by atoms with Crippen molar-refractivity contribution >= 4 is 38.9 Å². The van der Waals surface area contributed by atoms with Gasteiger partial charge in [-0.25, -0.2) is 0 Å². The second-order valence-corrected chi connectivity index (χ2v) is 7.29. The number of nitrogens with two attached hydrogens (primary N) is 1. The first kappa shape index (κ1) is 15.0. The van der Waals surface area contributed by atoms with Crippen LogP contribution in [0.3, 0.4) is 0 Å². The Morgan fingerprint density at radius 3 is 2.74 bits per heavy atom. The van der Waals surface area contributed by atoms with E-state index in [0.717, 1.165) is 19.2 Å². The highest BCUT2D eigenvalue weighted by molar-refractivity contribution is 9.11. The Morgan fingerprint density at radius 1 is 1.37 bits per heavy atom. The highest BCUT2D eigenvalue weighted by Crippen LogP contribution is 2.31. The molecule has 0 saturated heterocycles. The molecule has 0 aliphatic carbocycles. The molecule has 0 fully saturated rings. The molecule has 0 aliphatic heterocycles. The van der Waals surface area contributed by atoms with Gasteiger partial charge in [-0.15, -0.1) is 11.3 Å². The molecule has 2 rings (SSSR count). The minimum atomic E-state index is -0.102. The van der Waals surface area contributed by atoms with Crippen molar-refractivity contribution in [1.29, 1.82) is 0 Å². The molecule has 1 heterocycles. The summed E-state index contributed by atoms with van der Waals surface area (Å²) in [5.41, 5.74) is 7.06. The van der Waals surface area contributed by atoms with E-state index in [1.54, 1.807) is 11.3 Å². The van der Waals surface area contributed by atoms with Crippen LogP contribution >= 0.6 is 38.9 Å². The third kappa shape index (κ3) is 4.29. The standard InChI is InChI=1S/C14H15BrClNOS/c1-9(17)14(12-5-6-13(15)19-12)18-8-10-3-2-4-11(16)7-10/h2-7,9,14H,8,17H2,1H3. The average Bonchev–Trinajstić information content (AvgIpc) is 2.76. The maximum atomic E-state index is 6.01. The number of thiophene rings is 1. The van der Waals surface area contributed by atoms with Gasteiger partial charge >= 0.3 is 0 Å². The van der Waals surface area contributed by atoms with Crippen LogP contribution in [-0.4, -0.2) is 6.04 Å². The van der Waals surface area contributed by atoms with Crippen molar-refractivity contribution in [3.8, 4) is 0 Å². The Balaban J connectivity index is 2.06. The molecule has 0 aliphatic rings. The molecule has 1 aromatic heterocycles. The molecule has 2 unspecified atom stereocenters. The minimum absolute atomic E-state index is 0.0651. The van der Waals surface area contributed by atoms with Gasteiger partial charge in [0, 0.05) is 15.9 Å². The van der Waals surface area contributed by atoms with Crippen LogP contribution in [0.2, 0.25) is 5.02 Å². The van der Waals surface area contributed by atoms with Crippen LogP contribution in [0.5, 0.6) is 0 Å². The molecular weight excluding hydrogens is 346 g/mol. The highest BCUT2D eigenvalue weighted by Gasteiger charge is 2.19. The molecule has 2 nitrogen and oxygen atoms in total. The van der Waals surface area contributed by atoms with Crippen LogP contribution in [0.4, 0.5) is 0 Å². The summed E-state index contributed by atoms with van der Waals surface area (Å²) >= 11 is 11.1. The van der Waals surface area contributed by atoms with Gasteiger partial charge in [0.05, 0.1) is 10.4 Å². The first-order valence-corrected chi connectivity index (χ1v) is 7.92. The molecule has 1 aromatic carbocycles. The van der Waals surface area contributed by atoms with Gasteiger partial charge in [-0.1, -0.05) is 23.7 Å². The second kappa shape index (κ2) is 6.86. The van der Waals surface area contributed by atoms with Gasteiger partial charge in [-0.05, 0) is 52.7 Å². The molecule has 0 amide bonds. The quantitative estimate of drug-likeness (QED) is 0.833. The van der Waals surface area contributed by atoms with Crippen LogP contribution in [0.1, 0.15) is 23.5 Å². The first-order chi connectivity index (χ1) is 9.06. The zero-order valence-corrected chi connectivity index (χ0v) is 13.6. The number of rotatable bonds is 5. The smallest absolute Gasteiger partial charge is 0.107 e. The van der Waals surface area contributed by atoms with Gasteiger partial charge in [-0.2, -0.15) is 0 Å². The predicted octanol–water partition coefficient (Wildman–Crippen LogP) is 4.77. The van der Waals surface area contributed by atoms with Crippen molar-refractivity contribution in [2.24, 2.45) is 5.73 Å². The summed E-state index contributed by atoms with van der Waals surface area (Å²) in [4.78, 5) is 1.13. The Labute approximate surface area is 130 Å². The lowest BCUT2D eigenvalue weighted by molar-refractivity contribution is 0.0282. The van der Waals surface area contributed by atoms with E-state index in [9.17, 15) is 0 Å².